The molecule has 0 aliphatic carbocycles. The molecule has 35 heavy (non-hydrogen) atoms. The van der Waals surface area contributed by atoms with Crippen molar-refractivity contribution in [1.82, 2.24) is 20.0 Å². The molecule has 1 heterocycles. The Labute approximate surface area is 208 Å². The topological polar surface area (TPSA) is 102 Å². The van der Waals surface area contributed by atoms with Crippen molar-refractivity contribution < 1.29 is 23.1 Å². The van der Waals surface area contributed by atoms with Crippen LogP contribution in [0.1, 0.15) is 37.6 Å². The maximum absolute atomic E-state index is 14.3. The SMILES string of the molecule is CN(C)CC[C@H](NC(=O)c1cc2c(cnn2C(C)(C)C)cc1Oc1ccc(F)cc1F)C(N)=O.Cl. The van der Waals surface area contributed by atoms with Gasteiger partial charge in [-0.25, -0.2) is 8.78 Å². The van der Waals surface area contributed by atoms with Gasteiger partial charge in [-0.1, -0.05) is 0 Å². The fourth-order valence-electron chi connectivity index (χ4n) is 3.43. The van der Waals surface area contributed by atoms with Crippen LogP contribution in [0.4, 0.5) is 8.78 Å². The van der Waals surface area contributed by atoms with Crippen LogP contribution in [0, 0.1) is 11.6 Å². The summed E-state index contributed by atoms with van der Waals surface area (Å²) in [5.41, 5.74) is 5.81. The van der Waals surface area contributed by atoms with Crippen LogP contribution in [0.3, 0.4) is 0 Å². The molecule has 0 aliphatic rings. The van der Waals surface area contributed by atoms with Gasteiger partial charge in [-0.3, -0.25) is 14.3 Å². The average molecular weight is 510 g/mol. The molecule has 3 rings (SSSR count). The number of fused-ring (bicyclic) bond motifs is 1. The number of carbonyl (C=O) groups is 2. The summed E-state index contributed by atoms with van der Waals surface area (Å²) < 4.78 is 35.1. The first-order valence-corrected chi connectivity index (χ1v) is 10.8. The van der Waals surface area contributed by atoms with E-state index < -0.39 is 29.5 Å². The van der Waals surface area contributed by atoms with E-state index in [0.717, 1.165) is 12.1 Å². The van der Waals surface area contributed by atoms with Crippen LogP contribution in [0.25, 0.3) is 10.9 Å². The highest BCUT2D eigenvalue weighted by molar-refractivity contribution is 6.02. The number of aromatic nitrogens is 2. The van der Waals surface area contributed by atoms with Gasteiger partial charge in [0.1, 0.15) is 17.6 Å². The van der Waals surface area contributed by atoms with E-state index in [9.17, 15) is 18.4 Å². The molecule has 1 aromatic heterocycles. The lowest BCUT2D eigenvalue weighted by molar-refractivity contribution is -0.120. The highest BCUT2D eigenvalue weighted by atomic mass is 35.5. The van der Waals surface area contributed by atoms with E-state index in [1.165, 1.54) is 0 Å². The van der Waals surface area contributed by atoms with Gasteiger partial charge in [0.2, 0.25) is 5.91 Å². The van der Waals surface area contributed by atoms with Crippen LogP contribution < -0.4 is 15.8 Å². The lowest BCUT2D eigenvalue weighted by atomic mass is 10.1. The molecule has 3 aromatic rings. The largest absolute Gasteiger partial charge is 0.453 e. The Morgan fingerprint density at radius 2 is 1.86 bits per heavy atom. The number of rotatable bonds is 8. The monoisotopic (exact) mass is 509 g/mol. The lowest BCUT2D eigenvalue weighted by Crippen LogP contribution is -2.45. The van der Waals surface area contributed by atoms with Crippen molar-refractivity contribution in [2.24, 2.45) is 5.73 Å². The zero-order valence-electron chi connectivity index (χ0n) is 20.3. The summed E-state index contributed by atoms with van der Waals surface area (Å²) in [4.78, 5) is 27.1. The average Bonchev–Trinajstić information content (AvgIpc) is 3.15. The fraction of sp³-hybridized carbons (Fsp3) is 0.375. The number of halogens is 3. The molecule has 1 atom stereocenters. The fourth-order valence-corrected chi connectivity index (χ4v) is 3.43. The third-order valence-corrected chi connectivity index (χ3v) is 5.18. The maximum atomic E-state index is 14.3. The highest BCUT2D eigenvalue weighted by Crippen LogP contribution is 2.33. The summed E-state index contributed by atoms with van der Waals surface area (Å²) in [5.74, 6) is -3.20. The molecule has 3 N–H and O–H groups in total. The van der Waals surface area contributed by atoms with E-state index in [2.05, 4.69) is 10.4 Å². The second-order valence-electron chi connectivity index (χ2n) is 9.33. The van der Waals surface area contributed by atoms with E-state index in [1.807, 2.05) is 39.8 Å². The minimum atomic E-state index is -0.923. The van der Waals surface area contributed by atoms with Gasteiger partial charge in [0.25, 0.3) is 5.91 Å². The third-order valence-electron chi connectivity index (χ3n) is 5.18. The molecule has 0 unspecified atom stereocenters. The number of nitrogens with two attached hydrogens (primary N) is 1. The Morgan fingerprint density at radius 3 is 2.43 bits per heavy atom. The van der Waals surface area contributed by atoms with Crippen molar-refractivity contribution >= 4 is 35.1 Å². The highest BCUT2D eigenvalue weighted by Gasteiger charge is 2.25. The molecule has 0 bridgehead atoms. The molecular formula is C24H30ClF2N5O3. The first kappa shape index (κ1) is 28.0. The Bertz CT molecular complexity index is 1220. The van der Waals surface area contributed by atoms with Gasteiger partial charge in [0, 0.05) is 11.5 Å². The predicted octanol–water partition coefficient (Wildman–Crippen LogP) is 3.82. The van der Waals surface area contributed by atoms with E-state index in [0.29, 0.717) is 29.9 Å². The van der Waals surface area contributed by atoms with Crippen LogP contribution in [0.15, 0.2) is 36.5 Å². The summed E-state index contributed by atoms with van der Waals surface area (Å²) in [6.45, 7) is 6.40. The molecule has 190 valence electrons. The van der Waals surface area contributed by atoms with Gasteiger partial charge >= 0.3 is 0 Å². The zero-order chi connectivity index (χ0) is 25.2. The normalized spacial score (nSPS) is 12.3. The van der Waals surface area contributed by atoms with E-state index in [-0.39, 0.29) is 35.0 Å². The Balaban J connectivity index is 0.00000432. The molecule has 2 aromatic carbocycles. The van der Waals surface area contributed by atoms with E-state index in [4.69, 9.17) is 10.5 Å². The number of nitrogens with one attached hydrogen (secondary N) is 1. The molecule has 0 aliphatic heterocycles. The first-order chi connectivity index (χ1) is 15.9. The van der Waals surface area contributed by atoms with Gasteiger partial charge in [0.05, 0.1) is 22.8 Å². The second kappa shape index (κ2) is 11.0. The van der Waals surface area contributed by atoms with E-state index >= 15 is 0 Å². The number of primary amides is 1. The number of nitrogens with zero attached hydrogens (tertiary/aromatic N) is 3. The molecule has 8 nitrogen and oxygen atoms in total. The summed E-state index contributed by atoms with van der Waals surface area (Å²) in [7, 11) is 3.68. The Hall–Kier alpha value is -3.24. The molecule has 0 saturated heterocycles. The van der Waals surface area contributed by atoms with Gasteiger partial charge in [-0.15, -0.1) is 12.4 Å². The number of hydrogen-bond donors (Lipinski definition) is 2. The molecule has 0 radical (unpaired) electrons. The number of ether oxygens (including phenoxy) is 1. The maximum Gasteiger partial charge on any atom is 0.255 e. The predicted molar refractivity (Wildman–Crippen MR) is 132 cm³/mol. The molecule has 2 amide bonds. The minimum Gasteiger partial charge on any atom is -0.453 e. The van der Waals surface area contributed by atoms with Crippen LogP contribution in [0.5, 0.6) is 11.5 Å². The van der Waals surface area contributed by atoms with Crippen molar-refractivity contribution in [2.75, 3.05) is 20.6 Å². The summed E-state index contributed by atoms with van der Waals surface area (Å²) in [6.07, 6.45) is 1.92. The summed E-state index contributed by atoms with van der Waals surface area (Å²) in [6, 6.07) is 5.09. The standard InChI is InChI=1S/C24H29F2N5O3.ClH/c1-24(2,3)31-19-12-16(23(33)29-18(22(27)32)8-9-30(4)5)21(10-14(19)13-28-31)34-20-7-6-15(25)11-17(20)26;/h6-7,10-13,18H,8-9H2,1-5H3,(H2,27,32)(H,29,33);1H/t18-;/m0./s1. The van der Waals surface area contributed by atoms with Crippen molar-refractivity contribution in [3.63, 3.8) is 0 Å². The number of amides is 2. The molecule has 11 heteroatoms. The van der Waals surface area contributed by atoms with Gasteiger partial charge in [-0.2, -0.15) is 5.10 Å². The minimum absolute atomic E-state index is 0. The smallest absolute Gasteiger partial charge is 0.255 e. The second-order valence-corrected chi connectivity index (χ2v) is 9.33. The Kier molecular flexibility index (Phi) is 8.80. The van der Waals surface area contributed by atoms with Crippen molar-refractivity contribution in [1.29, 1.82) is 0 Å². The Morgan fingerprint density at radius 1 is 1.17 bits per heavy atom. The van der Waals surface area contributed by atoms with Crippen LogP contribution in [-0.4, -0.2) is 53.2 Å². The number of hydrogen-bond acceptors (Lipinski definition) is 5. The van der Waals surface area contributed by atoms with Crippen LogP contribution in [-0.2, 0) is 10.3 Å². The molecule has 0 saturated carbocycles. The summed E-state index contributed by atoms with van der Waals surface area (Å²) in [5, 5.41) is 7.71. The van der Waals surface area contributed by atoms with Gasteiger partial charge in [0.15, 0.2) is 11.6 Å². The first-order valence-electron chi connectivity index (χ1n) is 10.8. The lowest BCUT2D eigenvalue weighted by Gasteiger charge is -2.22. The van der Waals surface area contributed by atoms with Crippen molar-refractivity contribution in [3.05, 3.63) is 53.7 Å². The molecule has 0 spiro atoms. The van der Waals surface area contributed by atoms with Crippen LogP contribution >= 0.6 is 12.4 Å². The number of carbonyl (C=O) groups excluding carboxylic acids is 2. The van der Waals surface area contributed by atoms with Crippen LogP contribution in [0.2, 0.25) is 0 Å². The van der Waals surface area contributed by atoms with Gasteiger partial charge < -0.3 is 20.7 Å². The van der Waals surface area contributed by atoms with Gasteiger partial charge in [-0.05, 0) is 72.1 Å². The zero-order valence-corrected chi connectivity index (χ0v) is 21.1. The third kappa shape index (κ3) is 6.67. The van der Waals surface area contributed by atoms with E-state index in [1.54, 1.807) is 23.0 Å². The van der Waals surface area contributed by atoms with Crippen molar-refractivity contribution in [2.45, 2.75) is 38.8 Å². The van der Waals surface area contributed by atoms with Crippen molar-refractivity contribution in [3.8, 4) is 11.5 Å². The summed E-state index contributed by atoms with van der Waals surface area (Å²) >= 11 is 0. The molecular weight excluding hydrogens is 480 g/mol. The number of benzene rings is 2. The molecule has 0 fully saturated rings. The quantitative estimate of drug-likeness (QED) is 0.480.